The molecular weight excluding hydrogens is 202 g/mol. The molecule has 5 nitrogen and oxygen atoms in total. The van der Waals surface area contributed by atoms with E-state index in [1.54, 1.807) is 6.20 Å². The maximum atomic E-state index is 4.18. The Morgan fingerprint density at radius 3 is 2.75 bits per heavy atom. The number of nitrogens with one attached hydrogen (secondary N) is 1. The summed E-state index contributed by atoms with van der Waals surface area (Å²) in [5.41, 5.74) is 0. The summed E-state index contributed by atoms with van der Waals surface area (Å²) in [6, 6.07) is 1.94. The molecule has 0 aromatic carbocycles. The van der Waals surface area contributed by atoms with Crippen LogP contribution in [0.25, 0.3) is 0 Å². The van der Waals surface area contributed by atoms with E-state index in [-0.39, 0.29) is 0 Å². The van der Waals surface area contributed by atoms with Gasteiger partial charge in [0.15, 0.2) is 0 Å². The fourth-order valence-electron chi connectivity index (χ4n) is 1.59. The molecule has 0 amide bonds. The Morgan fingerprint density at radius 1 is 1.19 bits per heavy atom. The molecule has 0 aliphatic carbocycles. The molecule has 1 N–H and O–H groups in total. The summed E-state index contributed by atoms with van der Waals surface area (Å²) in [6.45, 7) is 5.79. The normalized spacial score (nSPS) is 10.8. The van der Waals surface area contributed by atoms with Crippen LogP contribution in [0.15, 0.2) is 30.9 Å². The second-order valence-corrected chi connectivity index (χ2v) is 3.69. The molecule has 0 aliphatic heterocycles. The minimum Gasteiger partial charge on any atom is -0.334 e. The standard InChI is InChI=1S/C11H17N5/c1-11-13-6-9-15(11)8-4-12-5-10-16-7-2-3-14-16/h2-3,6-7,9,12H,4-5,8,10H2,1H3. The smallest absolute Gasteiger partial charge is 0.105 e. The van der Waals surface area contributed by atoms with E-state index >= 15 is 0 Å². The van der Waals surface area contributed by atoms with Crippen LogP contribution >= 0.6 is 0 Å². The van der Waals surface area contributed by atoms with E-state index in [2.05, 4.69) is 20.0 Å². The highest BCUT2D eigenvalue weighted by Gasteiger charge is 1.95. The minimum atomic E-state index is 0.913. The minimum absolute atomic E-state index is 0.913. The van der Waals surface area contributed by atoms with Crippen molar-refractivity contribution >= 4 is 0 Å². The van der Waals surface area contributed by atoms with Gasteiger partial charge < -0.3 is 9.88 Å². The molecule has 16 heavy (non-hydrogen) atoms. The molecule has 0 fully saturated rings. The number of hydrogen-bond acceptors (Lipinski definition) is 3. The Balaban J connectivity index is 1.61. The fourth-order valence-corrected chi connectivity index (χ4v) is 1.59. The van der Waals surface area contributed by atoms with Gasteiger partial charge in [-0.05, 0) is 13.0 Å². The molecule has 0 atom stereocenters. The summed E-state index contributed by atoms with van der Waals surface area (Å²) in [6.07, 6.45) is 7.61. The van der Waals surface area contributed by atoms with Gasteiger partial charge in [-0.25, -0.2) is 4.98 Å². The largest absolute Gasteiger partial charge is 0.334 e. The van der Waals surface area contributed by atoms with Crippen molar-refractivity contribution in [2.45, 2.75) is 20.0 Å². The first-order valence-electron chi connectivity index (χ1n) is 5.52. The second kappa shape index (κ2) is 5.46. The molecule has 0 unspecified atom stereocenters. The molecule has 2 aromatic rings. The van der Waals surface area contributed by atoms with E-state index in [0.717, 1.165) is 32.0 Å². The first-order chi connectivity index (χ1) is 7.86. The van der Waals surface area contributed by atoms with Crippen molar-refractivity contribution < 1.29 is 0 Å². The predicted molar refractivity (Wildman–Crippen MR) is 62.1 cm³/mol. The molecular formula is C11H17N5. The molecule has 2 aromatic heterocycles. The van der Waals surface area contributed by atoms with Gasteiger partial charge in [-0.1, -0.05) is 0 Å². The Bertz CT molecular complexity index is 404. The fraction of sp³-hybridized carbons (Fsp3) is 0.455. The lowest BCUT2D eigenvalue weighted by molar-refractivity contribution is 0.528. The number of nitrogens with zero attached hydrogens (tertiary/aromatic N) is 4. The first kappa shape index (κ1) is 10.9. The van der Waals surface area contributed by atoms with Gasteiger partial charge in [0.05, 0.1) is 6.54 Å². The average molecular weight is 219 g/mol. The highest BCUT2D eigenvalue weighted by atomic mass is 15.3. The molecule has 0 aliphatic rings. The van der Waals surface area contributed by atoms with Crippen LogP contribution in [-0.2, 0) is 13.1 Å². The molecule has 2 rings (SSSR count). The summed E-state index contributed by atoms with van der Waals surface area (Å²) in [5, 5.41) is 7.52. The summed E-state index contributed by atoms with van der Waals surface area (Å²) in [5.74, 6) is 1.06. The molecule has 0 saturated heterocycles. The molecule has 2 heterocycles. The van der Waals surface area contributed by atoms with E-state index < -0.39 is 0 Å². The molecule has 0 radical (unpaired) electrons. The van der Waals surface area contributed by atoms with Gasteiger partial charge >= 0.3 is 0 Å². The number of rotatable bonds is 6. The summed E-state index contributed by atoms with van der Waals surface area (Å²) < 4.78 is 4.07. The van der Waals surface area contributed by atoms with Crippen molar-refractivity contribution in [1.29, 1.82) is 0 Å². The molecule has 0 saturated carbocycles. The van der Waals surface area contributed by atoms with E-state index in [9.17, 15) is 0 Å². The maximum absolute atomic E-state index is 4.18. The number of aromatic nitrogens is 4. The molecule has 5 heteroatoms. The van der Waals surface area contributed by atoms with Gasteiger partial charge in [-0.15, -0.1) is 0 Å². The Hall–Kier alpha value is -1.62. The van der Waals surface area contributed by atoms with E-state index in [4.69, 9.17) is 0 Å². The summed E-state index contributed by atoms with van der Waals surface area (Å²) in [7, 11) is 0. The van der Waals surface area contributed by atoms with Crippen LogP contribution in [0.2, 0.25) is 0 Å². The zero-order chi connectivity index (χ0) is 11.2. The monoisotopic (exact) mass is 219 g/mol. The van der Waals surface area contributed by atoms with Crippen LogP contribution in [0.1, 0.15) is 5.82 Å². The summed E-state index contributed by atoms with van der Waals surface area (Å²) >= 11 is 0. The van der Waals surface area contributed by atoms with Crippen molar-refractivity contribution in [2.75, 3.05) is 13.1 Å². The quantitative estimate of drug-likeness (QED) is 0.727. The lowest BCUT2D eigenvalue weighted by atomic mass is 10.5. The third-order valence-electron chi connectivity index (χ3n) is 2.53. The topological polar surface area (TPSA) is 47.7 Å². The Morgan fingerprint density at radius 2 is 2.06 bits per heavy atom. The van der Waals surface area contributed by atoms with Crippen LogP contribution in [0.3, 0.4) is 0 Å². The van der Waals surface area contributed by atoms with Gasteiger partial charge in [-0.2, -0.15) is 5.10 Å². The van der Waals surface area contributed by atoms with Crippen molar-refractivity contribution in [3.8, 4) is 0 Å². The van der Waals surface area contributed by atoms with Crippen LogP contribution in [0.5, 0.6) is 0 Å². The molecule has 0 bridgehead atoms. The van der Waals surface area contributed by atoms with Crippen molar-refractivity contribution in [3.05, 3.63) is 36.7 Å². The van der Waals surface area contributed by atoms with Crippen molar-refractivity contribution in [1.82, 2.24) is 24.6 Å². The summed E-state index contributed by atoms with van der Waals surface area (Å²) in [4.78, 5) is 4.18. The van der Waals surface area contributed by atoms with Gasteiger partial charge in [0.25, 0.3) is 0 Å². The lowest BCUT2D eigenvalue weighted by Gasteiger charge is -2.07. The van der Waals surface area contributed by atoms with E-state index in [1.165, 1.54) is 0 Å². The maximum Gasteiger partial charge on any atom is 0.105 e. The van der Waals surface area contributed by atoms with Crippen LogP contribution in [0.4, 0.5) is 0 Å². The highest BCUT2D eigenvalue weighted by Crippen LogP contribution is 1.93. The predicted octanol–water partition coefficient (Wildman–Crippen LogP) is 0.678. The Labute approximate surface area is 95.1 Å². The van der Waals surface area contributed by atoms with Crippen LogP contribution in [0, 0.1) is 6.92 Å². The molecule has 86 valence electrons. The number of imidazole rings is 1. The number of hydrogen-bond donors (Lipinski definition) is 1. The highest BCUT2D eigenvalue weighted by molar-refractivity contribution is 4.88. The number of aryl methyl sites for hydroxylation is 1. The van der Waals surface area contributed by atoms with Gasteiger partial charge in [0, 0.05) is 44.4 Å². The van der Waals surface area contributed by atoms with Crippen LogP contribution < -0.4 is 5.32 Å². The Kier molecular flexibility index (Phi) is 3.71. The molecule has 0 spiro atoms. The second-order valence-electron chi connectivity index (χ2n) is 3.69. The van der Waals surface area contributed by atoms with Gasteiger partial charge in [0.2, 0.25) is 0 Å². The van der Waals surface area contributed by atoms with E-state index in [1.807, 2.05) is 36.3 Å². The SMILES string of the molecule is Cc1nccn1CCNCCn1cccn1. The van der Waals surface area contributed by atoms with Crippen molar-refractivity contribution in [3.63, 3.8) is 0 Å². The first-order valence-corrected chi connectivity index (χ1v) is 5.52. The van der Waals surface area contributed by atoms with Gasteiger partial charge in [0.1, 0.15) is 5.82 Å². The zero-order valence-corrected chi connectivity index (χ0v) is 9.50. The lowest BCUT2D eigenvalue weighted by Crippen LogP contribution is -2.24. The van der Waals surface area contributed by atoms with Gasteiger partial charge in [-0.3, -0.25) is 4.68 Å². The van der Waals surface area contributed by atoms with E-state index in [0.29, 0.717) is 0 Å². The third kappa shape index (κ3) is 2.93. The zero-order valence-electron chi connectivity index (χ0n) is 9.50. The average Bonchev–Trinajstić information content (AvgIpc) is 2.90. The van der Waals surface area contributed by atoms with Crippen LogP contribution in [-0.4, -0.2) is 32.4 Å². The van der Waals surface area contributed by atoms with Crippen molar-refractivity contribution in [2.24, 2.45) is 0 Å². The third-order valence-corrected chi connectivity index (χ3v) is 2.53.